The van der Waals surface area contributed by atoms with E-state index in [0.717, 1.165) is 37.0 Å². The molecule has 4 amide bonds. The number of aliphatic imine (C=N–C) groups is 1. The Morgan fingerprint density at radius 1 is 0.887 bits per heavy atom. The number of aromatic nitrogens is 2. The number of imidazole rings is 1. The van der Waals surface area contributed by atoms with Gasteiger partial charge in [0.05, 0.1) is 38.2 Å². The van der Waals surface area contributed by atoms with Gasteiger partial charge in [0, 0.05) is 61.3 Å². The predicted octanol–water partition coefficient (Wildman–Crippen LogP) is 6.96. The van der Waals surface area contributed by atoms with Crippen LogP contribution in [-0.2, 0) is 29.7 Å². The highest BCUT2D eigenvalue weighted by atomic mass is 19.3. The summed E-state index contributed by atoms with van der Waals surface area (Å²) < 4.78 is 48.3. The predicted molar refractivity (Wildman–Crippen MR) is 225 cm³/mol. The van der Waals surface area contributed by atoms with Crippen molar-refractivity contribution in [3.63, 3.8) is 0 Å². The van der Waals surface area contributed by atoms with Crippen molar-refractivity contribution in [2.75, 3.05) is 40.5 Å². The molecule has 3 saturated heterocycles. The Labute approximate surface area is 358 Å². The normalized spacial score (nSPS) is 23.1. The fourth-order valence-corrected chi connectivity index (χ4v) is 10.2. The molecule has 3 aromatic rings. The quantitative estimate of drug-likeness (QED) is 0.197. The molecule has 14 nitrogen and oxygen atoms in total. The monoisotopic (exact) mass is 853 g/mol. The number of benzene rings is 2. The minimum atomic E-state index is -3.28. The van der Waals surface area contributed by atoms with E-state index in [1.54, 1.807) is 41.6 Å². The summed E-state index contributed by atoms with van der Waals surface area (Å²) in [5.74, 6) is -3.38. The number of aromatic amines is 1. The van der Waals surface area contributed by atoms with E-state index >= 15 is 8.78 Å². The second-order valence-corrected chi connectivity index (χ2v) is 18.0. The highest BCUT2D eigenvalue weighted by Gasteiger charge is 2.55. The van der Waals surface area contributed by atoms with Gasteiger partial charge in [0.25, 0.3) is 5.92 Å². The maximum absolute atomic E-state index is 16.6. The molecule has 3 N–H and O–H groups in total. The first kappa shape index (κ1) is 41.7. The number of likely N-dealkylation sites (tertiary alicyclic amines) is 2. The molecule has 1 saturated carbocycles. The first-order valence-corrected chi connectivity index (χ1v) is 21.7. The van der Waals surface area contributed by atoms with Crippen LogP contribution in [0.5, 0.6) is 0 Å². The van der Waals surface area contributed by atoms with Crippen LogP contribution in [0.2, 0.25) is 0 Å². The van der Waals surface area contributed by atoms with Crippen LogP contribution in [-0.4, -0.2) is 108 Å². The summed E-state index contributed by atoms with van der Waals surface area (Å²) >= 11 is 0. The van der Waals surface area contributed by atoms with E-state index in [-0.39, 0.29) is 52.3 Å². The van der Waals surface area contributed by atoms with Crippen molar-refractivity contribution >= 4 is 35.3 Å². The van der Waals surface area contributed by atoms with E-state index in [9.17, 15) is 19.2 Å². The van der Waals surface area contributed by atoms with Gasteiger partial charge in [-0.3, -0.25) is 14.6 Å². The Morgan fingerprint density at radius 2 is 1.56 bits per heavy atom. The zero-order valence-corrected chi connectivity index (χ0v) is 35.5. The van der Waals surface area contributed by atoms with Crippen molar-refractivity contribution in [3.05, 3.63) is 71.3 Å². The smallest absolute Gasteiger partial charge is 0.407 e. The molecular formula is C46H53F2N7O7. The maximum Gasteiger partial charge on any atom is 0.407 e. The van der Waals surface area contributed by atoms with Crippen LogP contribution in [0.25, 0.3) is 28.0 Å². The van der Waals surface area contributed by atoms with Gasteiger partial charge in [-0.2, -0.15) is 8.78 Å². The van der Waals surface area contributed by atoms with E-state index < -0.39 is 30.2 Å². The molecule has 6 aliphatic rings. The summed E-state index contributed by atoms with van der Waals surface area (Å²) in [5, 5.41) is 5.48. The lowest BCUT2D eigenvalue weighted by Crippen LogP contribution is -2.53. The number of hydrogen-bond acceptors (Lipinski definition) is 9. The number of alkyl carbamates (subject to hydrolysis) is 2. The highest BCUT2D eigenvalue weighted by molar-refractivity contribution is 6.04. The number of carbonyl (C=O) groups excluding carboxylic acids is 4. The number of ether oxygens (including phenoxy) is 3. The van der Waals surface area contributed by atoms with Crippen molar-refractivity contribution in [2.45, 2.75) is 95.3 Å². The molecule has 9 rings (SSSR count). The summed E-state index contributed by atoms with van der Waals surface area (Å²) in [6.07, 6.45) is 7.94. The Morgan fingerprint density at radius 3 is 2.24 bits per heavy atom. The number of H-pyrrole nitrogens is 1. The van der Waals surface area contributed by atoms with Crippen molar-refractivity contribution in [1.29, 1.82) is 0 Å². The third-order valence-corrected chi connectivity index (χ3v) is 13.9. The molecule has 4 aliphatic heterocycles. The zero-order chi connectivity index (χ0) is 43.5. The summed E-state index contributed by atoms with van der Waals surface area (Å²) in [4.78, 5) is 68.8. The number of alkyl halides is 2. The molecule has 62 heavy (non-hydrogen) atoms. The molecule has 2 aromatic carbocycles. The van der Waals surface area contributed by atoms with E-state index in [1.807, 2.05) is 24.8 Å². The van der Waals surface area contributed by atoms with Gasteiger partial charge in [-0.05, 0) is 96.6 Å². The SMILES string of the molecule is COC(=O)NC(C(=O)N1CCC[C@H]1c1ncc(-c2ccc3c(c2)C(F)(F)c2cc(C4=CN=C([C@@H]5CC6(CC6)CN5C(=O)[C@@H](NC(=O)OC)C(C)C)C4)ccc2-3)[nH]1)C1CCOCC1. The van der Waals surface area contributed by atoms with Crippen LogP contribution >= 0.6 is 0 Å². The summed E-state index contributed by atoms with van der Waals surface area (Å²) in [5.41, 5.74) is 4.15. The Balaban J connectivity index is 0.905. The fraction of sp³-hybridized carbons (Fsp3) is 0.522. The van der Waals surface area contributed by atoms with Gasteiger partial charge < -0.3 is 39.6 Å². The number of hydrogen-bond donors (Lipinski definition) is 3. The molecule has 1 aromatic heterocycles. The standard InChI is InChI=1S/C46H53F2N7O7/c1-25(2)38(52-43(58)60-3)41(56)55-24-45(13-14-45)21-37(55)34-20-29(22-49-34)27-7-9-30-31-10-8-28(19-33(31)46(47,48)32(30)18-27)35-23-50-40(51-35)36-6-5-15-54(36)42(57)39(53-44(59)61-4)26-11-16-62-17-12-26/h7-10,18-19,22-23,25-26,36-39H,5-6,11-17,20-21,24H2,1-4H3,(H,50,51)(H,52,58)(H,53,59)/t36-,37-,38-,39?/m0/s1. The molecule has 1 spiro atoms. The fourth-order valence-electron chi connectivity index (χ4n) is 10.2. The minimum Gasteiger partial charge on any atom is -0.453 e. The molecule has 5 heterocycles. The van der Waals surface area contributed by atoms with E-state index in [2.05, 4.69) is 20.6 Å². The first-order valence-electron chi connectivity index (χ1n) is 21.7. The van der Waals surface area contributed by atoms with Gasteiger partial charge in [0.15, 0.2) is 0 Å². The van der Waals surface area contributed by atoms with Gasteiger partial charge >= 0.3 is 12.2 Å². The molecule has 4 fully saturated rings. The topological polar surface area (TPSA) is 168 Å². The molecule has 4 atom stereocenters. The van der Waals surface area contributed by atoms with Crippen LogP contribution in [0.15, 0.2) is 53.8 Å². The van der Waals surface area contributed by atoms with Gasteiger partial charge in [0.2, 0.25) is 11.8 Å². The number of methoxy groups -OCH3 is 2. The number of allylic oxidation sites excluding steroid dienone is 1. The van der Waals surface area contributed by atoms with E-state index in [4.69, 9.17) is 19.2 Å². The van der Waals surface area contributed by atoms with Gasteiger partial charge in [-0.15, -0.1) is 0 Å². The number of rotatable bonds is 10. The van der Waals surface area contributed by atoms with E-state index in [1.165, 1.54) is 20.3 Å². The summed E-state index contributed by atoms with van der Waals surface area (Å²) in [6.45, 7) is 5.86. The highest BCUT2D eigenvalue weighted by Crippen LogP contribution is 2.56. The molecular weight excluding hydrogens is 801 g/mol. The molecule has 328 valence electrons. The lowest BCUT2D eigenvalue weighted by atomic mass is 9.90. The maximum atomic E-state index is 16.6. The van der Waals surface area contributed by atoms with Crippen LogP contribution in [0.4, 0.5) is 18.4 Å². The Kier molecular flexibility index (Phi) is 10.9. The van der Waals surface area contributed by atoms with Gasteiger partial charge in [0.1, 0.15) is 17.9 Å². The van der Waals surface area contributed by atoms with Crippen LogP contribution in [0.1, 0.15) is 93.8 Å². The number of nitrogens with one attached hydrogen (secondary N) is 3. The lowest BCUT2D eigenvalue weighted by Gasteiger charge is -2.34. The van der Waals surface area contributed by atoms with Crippen LogP contribution in [0.3, 0.4) is 0 Å². The Bertz CT molecular complexity index is 2350. The van der Waals surface area contributed by atoms with Crippen molar-refractivity contribution in [1.82, 2.24) is 30.4 Å². The number of carbonyl (C=O) groups is 4. The Hall–Kier alpha value is -5.64. The summed E-state index contributed by atoms with van der Waals surface area (Å²) in [6, 6.07) is 8.07. The second-order valence-electron chi connectivity index (χ2n) is 18.0. The van der Waals surface area contributed by atoms with Crippen molar-refractivity contribution in [2.24, 2.45) is 22.2 Å². The number of halogens is 2. The lowest BCUT2D eigenvalue weighted by molar-refractivity contribution is -0.137. The van der Waals surface area contributed by atoms with Crippen molar-refractivity contribution < 1.29 is 42.2 Å². The average Bonchev–Trinajstić information content (AvgIpc) is 3.87. The largest absolute Gasteiger partial charge is 0.453 e. The number of nitrogens with zero attached hydrogens (tertiary/aromatic N) is 4. The third kappa shape index (κ3) is 7.53. The van der Waals surface area contributed by atoms with Gasteiger partial charge in [-0.25, -0.2) is 14.6 Å². The van der Waals surface area contributed by atoms with Gasteiger partial charge in [-0.1, -0.05) is 38.1 Å². The molecule has 0 bridgehead atoms. The molecule has 2 aliphatic carbocycles. The van der Waals surface area contributed by atoms with Crippen LogP contribution < -0.4 is 10.6 Å². The van der Waals surface area contributed by atoms with Crippen LogP contribution in [0, 0.1) is 17.3 Å². The number of fused-ring (bicyclic) bond motifs is 3. The third-order valence-electron chi connectivity index (χ3n) is 13.9. The first-order chi connectivity index (χ1) is 29.8. The average molecular weight is 854 g/mol. The van der Waals surface area contributed by atoms with E-state index in [0.29, 0.717) is 85.8 Å². The molecule has 1 unspecified atom stereocenters. The zero-order valence-electron chi connectivity index (χ0n) is 35.5. The summed E-state index contributed by atoms with van der Waals surface area (Å²) in [7, 11) is 2.54. The number of amides is 4. The second kappa shape index (κ2) is 16.2. The molecule has 0 radical (unpaired) electrons. The van der Waals surface area contributed by atoms with Crippen molar-refractivity contribution in [3.8, 4) is 22.4 Å². The molecule has 16 heteroatoms. The minimum absolute atomic E-state index is 0.0467.